The summed E-state index contributed by atoms with van der Waals surface area (Å²) in [5, 5.41) is 8.52. The number of rotatable bonds is 6. The van der Waals surface area contributed by atoms with Crippen molar-refractivity contribution in [1.82, 2.24) is 4.90 Å². The summed E-state index contributed by atoms with van der Waals surface area (Å²) < 4.78 is 18.6. The Hall–Kier alpha value is -2.88. The van der Waals surface area contributed by atoms with Gasteiger partial charge < -0.3 is 14.7 Å². The zero-order valence-corrected chi connectivity index (χ0v) is 12.2. The molecule has 1 N–H and O–H groups in total. The minimum absolute atomic E-state index is 0.118. The van der Waals surface area contributed by atoms with Crippen molar-refractivity contribution in [2.45, 2.75) is 6.42 Å². The number of carbonyl (C=O) groups is 2. The Morgan fingerprint density at radius 2 is 2.14 bits per heavy atom. The average Bonchev–Trinajstić information content (AvgIpc) is 2.46. The lowest BCUT2D eigenvalue weighted by molar-refractivity contribution is -0.137. The van der Waals surface area contributed by atoms with Gasteiger partial charge in [-0.3, -0.25) is 9.59 Å². The molecule has 7 heteroatoms. The SMILES string of the molecule is [C-]#[N+]C(=Cc1ccc(F)c(OCCC(=O)O)c1)C(=O)N(C)C. The number of halogens is 1. The predicted molar refractivity (Wildman–Crippen MR) is 77.4 cm³/mol. The molecule has 0 saturated carbocycles. The van der Waals surface area contributed by atoms with Crippen LogP contribution in [0.2, 0.25) is 0 Å². The van der Waals surface area contributed by atoms with Crippen molar-refractivity contribution >= 4 is 18.0 Å². The van der Waals surface area contributed by atoms with Crippen LogP contribution in [0.15, 0.2) is 23.9 Å². The van der Waals surface area contributed by atoms with Crippen molar-refractivity contribution in [2.24, 2.45) is 0 Å². The summed E-state index contributed by atoms with van der Waals surface area (Å²) in [5.74, 6) is -2.29. The molecule has 1 rings (SSSR count). The van der Waals surface area contributed by atoms with E-state index in [1.807, 2.05) is 0 Å². The number of hydrogen-bond acceptors (Lipinski definition) is 3. The van der Waals surface area contributed by atoms with Crippen molar-refractivity contribution in [1.29, 1.82) is 0 Å². The molecule has 116 valence electrons. The van der Waals surface area contributed by atoms with Gasteiger partial charge in [0, 0.05) is 14.1 Å². The zero-order valence-electron chi connectivity index (χ0n) is 12.2. The van der Waals surface area contributed by atoms with Crippen molar-refractivity contribution in [3.8, 4) is 5.75 Å². The highest BCUT2D eigenvalue weighted by Gasteiger charge is 2.12. The maximum atomic E-state index is 13.6. The van der Waals surface area contributed by atoms with Crippen molar-refractivity contribution < 1.29 is 23.8 Å². The number of amides is 1. The molecule has 0 aliphatic heterocycles. The number of aliphatic carboxylic acids is 1. The summed E-state index contributed by atoms with van der Waals surface area (Å²) in [6, 6.07) is 3.84. The third-order valence-electron chi connectivity index (χ3n) is 2.58. The van der Waals surface area contributed by atoms with Crippen LogP contribution in [0.25, 0.3) is 10.9 Å². The van der Waals surface area contributed by atoms with Gasteiger partial charge in [-0.15, -0.1) is 0 Å². The summed E-state index contributed by atoms with van der Waals surface area (Å²) >= 11 is 0. The van der Waals surface area contributed by atoms with Crippen molar-refractivity contribution in [3.63, 3.8) is 0 Å². The van der Waals surface area contributed by atoms with E-state index in [1.165, 1.54) is 37.2 Å². The van der Waals surface area contributed by atoms with Crippen LogP contribution in [0.5, 0.6) is 5.75 Å². The first-order chi connectivity index (χ1) is 10.3. The smallest absolute Gasteiger partial charge is 0.306 e. The molecular formula is C15H15FN2O4. The largest absolute Gasteiger partial charge is 0.490 e. The summed E-state index contributed by atoms with van der Waals surface area (Å²) in [7, 11) is 3.04. The van der Waals surface area contributed by atoms with Crippen LogP contribution >= 0.6 is 0 Å². The minimum atomic E-state index is -1.05. The van der Waals surface area contributed by atoms with Crippen LogP contribution in [0.4, 0.5) is 4.39 Å². The topological polar surface area (TPSA) is 71.2 Å². The Morgan fingerprint density at radius 3 is 2.68 bits per heavy atom. The van der Waals surface area contributed by atoms with Gasteiger partial charge in [0.05, 0.1) is 19.6 Å². The van der Waals surface area contributed by atoms with E-state index in [2.05, 4.69) is 4.85 Å². The second kappa shape index (κ2) is 7.78. The molecule has 0 unspecified atom stereocenters. The molecular weight excluding hydrogens is 291 g/mol. The molecule has 0 spiro atoms. The van der Waals surface area contributed by atoms with Crippen LogP contribution < -0.4 is 4.74 Å². The third kappa shape index (κ3) is 4.90. The fourth-order valence-corrected chi connectivity index (χ4v) is 1.50. The summed E-state index contributed by atoms with van der Waals surface area (Å²) in [4.78, 5) is 26.6. The highest BCUT2D eigenvalue weighted by atomic mass is 19.1. The van der Waals surface area contributed by atoms with E-state index in [-0.39, 0.29) is 24.5 Å². The maximum Gasteiger partial charge on any atom is 0.306 e. The van der Waals surface area contributed by atoms with Gasteiger partial charge in [-0.25, -0.2) is 9.24 Å². The number of carboxylic acid groups (broad SMARTS) is 1. The first kappa shape index (κ1) is 17.2. The normalized spacial score (nSPS) is 10.7. The Bertz CT molecular complexity index is 647. The van der Waals surface area contributed by atoms with E-state index < -0.39 is 17.7 Å². The first-order valence-electron chi connectivity index (χ1n) is 6.30. The first-order valence-corrected chi connectivity index (χ1v) is 6.30. The van der Waals surface area contributed by atoms with E-state index in [0.29, 0.717) is 5.56 Å². The molecule has 0 aromatic heterocycles. The standard InChI is InChI=1S/C15H15FN2O4/c1-17-12(15(21)18(2)3)8-10-4-5-11(16)13(9-10)22-7-6-14(19)20/h4-5,8-9H,6-7H2,2-3H3,(H,19,20). The van der Waals surface area contributed by atoms with Gasteiger partial charge in [0.1, 0.15) is 0 Å². The molecule has 6 nitrogen and oxygen atoms in total. The Kier molecular flexibility index (Phi) is 6.08. The number of nitrogens with zero attached hydrogens (tertiary/aromatic N) is 2. The molecule has 1 aromatic carbocycles. The van der Waals surface area contributed by atoms with E-state index >= 15 is 0 Å². The molecule has 0 fully saturated rings. The van der Waals surface area contributed by atoms with Gasteiger partial charge in [-0.05, 0) is 23.8 Å². The maximum absolute atomic E-state index is 13.6. The van der Waals surface area contributed by atoms with Crippen molar-refractivity contribution in [2.75, 3.05) is 20.7 Å². The summed E-state index contributed by atoms with van der Waals surface area (Å²) in [5.41, 5.74) is 0.293. The Labute approximate surface area is 127 Å². The fourth-order valence-electron chi connectivity index (χ4n) is 1.50. The molecule has 1 aromatic rings. The lowest BCUT2D eigenvalue weighted by Gasteiger charge is -2.09. The van der Waals surface area contributed by atoms with Crippen molar-refractivity contribution in [3.05, 3.63) is 46.7 Å². The lowest BCUT2D eigenvalue weighted by Crippen LogP contribution is -2.22. The summed E-state index contributed by atoms with van der Waals surface area (Å²) in [6.45, 7) is 6.85. The van der Waals surface area contributed by atoms with E-state index in [9.17, 15) is 14.0 Å². The third-order valence-corrected chi connectivity index (χ3v) is 2.58. The van der Waals surface area contributed by atoms with Gasteiger partial charge in [0.2, 0.25) is 0 Å². The van der Waals surface area contributed by atoms with Crippen LogP contribution in [-0.2, 0) is 9.59 Å². The molecule has 22 heavy (non-hydrogen) atoms. The second-order valence-electron chi connectivity index (χ2n) is 4.52. The minimum Gasteiger partial charge on any atom is -0.490 e. The van der Waals surface area contributed by atoms with Gasteiger partial charge in [0.25, 0.3) is 11.6 Å². The monoisotopic (exact) mass is 306 g/mol. The number of ether oxygens (including phenoxy) is 1. The number of carbonyl (C=O) groups excluding carboxylic acids is 1. The van der Waals surface area contributed by atoms with E-state index in [4.69, 9.17) is 16.4 Å². The molecule has 1 amide bonds. The van der Waals surface area contributed by atoms with Crippen LogP contribution in [0.1, 0.15) is 12.0 Å². The number of hydrogen-bond donors (Lipinski definition) is 1. The molecule has 0 radical (unpaired) electrons. The molecule has 0 aliphatic carbocycles. The Balaban J connectivity index is 2.99. The molecule has 0 atom stereocenters. The average molecular weight is 306 g/mol. The van der Waals surface area contributed by atoms with Gasteiger partial charge >= 0.3 is 5.97 Å². The second-order valence-corrected chi connectivity index (χ2v) is 4.52. The number of benzene rings is 1. The molecule has 0 aliphatic rings. The van der Waals surface area contributed by atoms with E-state index in [1.54, 1.807) is 0 Å². The molecule has 0 bridgehead atoms. The van der Waals surface area contributed by atoms with Crippen LogP contribution in [-0.4, -0.2) is 42.6 Å². The molecule has 0 saturated heterocycles. The fraction of sp³-hybridized carbons (Fsp3) is 0.267. The van der Waals surface area contributed by atoms with E-state index in [0.717, 1.165) is 6.07 Å². The molecule has 0 heterocycles. The highest BCUT2D eigenvalue weighted by Crippen LogP contribution is 2.21. The summed E-state index contributed by atoms with van der Waals surface area (Å²) in [6.07, 6.45) is 1.06. The number of likely N-dealkylation sites (N-methyl/N-ethyl adjacent to an activating group) is 1. The predicted octanol–water partition coefficient (Wildman–Crippen LogP) is 2.03. The van der Waals surface area contributed by atoms with Crippen LogP contribution in [0.3, 0.4) is 0 Å². The van der Waals surface area contributed by atoms with Crippen LogP contribution in [0, 0.1) is 12.4 Å². The lowest BCUT2D eigenvalue weighted by atomic mass is 10.1. The highest BCUT2D eigenvalue weighted by molar-refractivity contribution is 5.99. The van der Waals surface area contributed by atoms with Gasteiger partial charge in [0.15, 0.2) is 11.6 Å². The quantitative estimate of drug-likeness (QED) is 0.645. The zero-order chi connectivity index (χ0) is 16.7. The van der Waals surface area contributed by atoms with Gasteiger partial charge in [-0.1, -0.05) is 6.07 Å². The Morgan fingerprint density at radius 1 is 1.45 bits per heavy atom. The van der Waals surface area contributed by atoms with Gasteiger partial charge in [-0.2, -0.15) is 0 Å². The number of carboxylic acids is 1.